The first-order chi connectivity index (χ1) is 47.2. The van der Waals surface area contributed by atoms with Gasteiger partial charge in [-0.15, -0.1) is 0 Å². The number of ether oxygens (including phenoxy) is 15. The maximum atomic E-state index is 13.3. The van der Waals surface area contributed by atoms with Crippen molar-refractivity contribution < 1.29 is 197 Å². The molecule has 8 heterocycles. The van der Waals surface area contributed by atoms with Crippen molar-refractivity contribution in [2.24, 2.45) is 0 Å². The molecule has 0 bridgehead atoms. The molecule has 0 unspecified atom stereocenters. The zero-order chi connectivity index (χ0) is 73.8. The van der Waals surface area contributed by atoms with Crippen LogP contribution < -0.4 is 21.3 Å². The van der Waals surface area contributed by atoms with Crippen LogP contribution in [0.3, 0.4) is 0 Å². The molecule has 8 aliphatic rings. The smallest absolute Gasteiger partial charge is 0.217 e. The maximum Gasteiger partial charge on any atom is 0.217 e. The normalized spacial score (nSPS) is 48.7. The van der Waals surface area contributed by atoms with Gasteiger partial charge in [0.15, 0.2) is 50.3 Å². The molecular weight excluding hydrogens is 1370 g/mol. The summed E-state index contributed by atoms with van der Waals surface area (Å²) >= 11 is 0. The van der Waals surface area contributed by atoms with Crippen LogP contribution in [0.15, 0.2) is 0 Å². The number of nitrogens with one attached hydrogen (secondary N) is 4. The molecule has 0 aromatic heterocycles. The highest BCUT2D eigenvalue weighted by atomic mass is 16.8. The first-order valence-corrected chi connectivity index (χ1v) is 32.0. The highest BCUT2D eigenvalue weighted by molar-refractivity contribution is 5.74. The molecule has 0 saturated carbocycles. The lowest BCUT2D eigenvalue weighted by Gasteiger charge is -2.52. The average Bonchev–Trinajstić information content (AvgIpc) is 0.762. The minimum atomic E-state index is -2.39. The number of hydrogen-bond donors (Lipinski definition) is 25. The second-order valence-corrected chi connectivity index (χ2v) is 25.3. The molecule has 578 valence electrons. The van der Waals surface area contributed by atoms with Gasteiger partial charge in [0.1, 0.15) is 189 Å². The SMILES string of the molecule is CC(=O)N[C@@H]1[C@@H](O[C@@H]2O[C@H](CO)[C@H](O)[C@H](O[C@@H]3O[C@H](CO)[C@@H](O)[C@H](O[C@@H]4O[C@H](CO)[C@H](O)[C@H](O[C@H]5O[C@H](CO)[C@H](O)[C@H](O)[C@H]5NC(C)=O)[C@H]4O[C@@H]4O[C@@H](C)[C@@H](O)[C@@H](O)[C@@H]4O)[C@H]3NC(C)=O)[C@H]2O)[C@@H](O)[C@@H](CO[C@@H]2O[C@H](CO)[C@@H](O[C@@H]3O[C@H](CO)[C@H](O)[C@H](O)[C@H]3O)[C@H](O)[C@H]2NC(C)=O)O[C@@H]1O. The summed E-state index contributed by atoms with van der Waals surface area (Å²) in [5, 5.41) is 241. The molecule has 100 heavy (non-hydrogen) atoms. The third kappa shape index (κ3) is 18.1. The van der Waals surface area contributed by atoms with Crippen molar-refractivity contribution in [3.8, 4) is 0 Å². The van der Waals surface area contributed by atoms with E-state index in [4.69, 9.17) is 71.1 Å². The summed E-state index contributed by atoms with van der Waals surface area (Å²) in [5.41, 5.74) is 0. The lowest BCUT2D eigenvalue weighted by molar-refractivity contribution is -0.400. The molecule has 44 nitrogen and oxygen atoms in total. The number of hydrogen-bond acceptors (Lipinski definition) is 40. The van der Waals surface area contributed by atoms with Crippen LogP contribution in [0.25, 0.3) is 0 Å². The molecule has 0 aromatic carbocycles. The number of aliphatic hydroxyl groups is 21. The minimum Gasteiger partial charge on any atom is -0.394 e. The summed E-state index contributed by atoms with van der Waals surface area (Å²) in [6.45, 7) is -1.97. The van der Waals surface area contributed by atoms with Crippen molar-refractivity contribution in [2.45, 2.75) is 280 Å². The first-order valence-electron chi connectivity index (χ1n) is 32.0. The van der Waals surface area contributed by atoms with Crippen LogP contribution in [0.5, 0.6) is 0 Å². The van der Waals surface area contributed by atoms with Gasteiger partial charge in [0.05, 0.1) is 52.4 Å². The Morgan fingerprint density at radius 3 is 1.15 bits per heavy atom. The molecule has 25 N–H and O–H groups in total. The molecule has 0 aliphatic carbocycles. The lowest BCUT2D eigenvalue weighted by atomic mass is 9.93. The predicted molar refractivity (Wildman–Crippen MR) is 309 cm³/mol. The third-order valence-corrected chi connectivity index (χ3v) is 18.2. The Hall–Kier alpha value is -3.56. The molecule has 8 saturated heterocycles. The van der Waals surface area contributed by atoms with E-state index in [2.05, 4.69) is 21.3 Å². The largest absolute Gasteiger partial charge is 0.394 e. The van der Waals surface area contributed by atoms with Crippen molar-refractivity contribution in [3.63, 3.8) is 0 Å². The topological polar surface area (TPSA) is 680 Å². The summed E-state index contributed by atoms with van der Waals surface area (Å²) < 4.78 is 88.8. The highest BCUT2D eigenvalue weighted by Crippen LogP contribution is 2.39. The molecule has 0 radical (unpaired) electrons. The van der Waals surface area contributed by atoms with E-state index in [-0.39, 0.29) is 0 Å². The standard InChI is InChI=1S/C56H94N4O40/c1-13-29(71)38(80)40(82)53(87-13)100-48-47(99-51-25(57-14(2)67)36(78)30(72)18(6-61)89-51)34(76)22(10-65)93-56(48)97-45-28(60-17(5)70)52(90-20(8-63)32(45)74)98-46-33(75)21(9-64)92-55(42(46)84)96-44-27(59-16(4)69)49(85)88-24(35(44)77)12-86-50-26(58-15(3)68)37(79)43(23(11-66)94-50)95-54-41(83)39(81)31(73)19(7-62)91-54/h13,18-56,61-66,71-85H,6-12H2,1-5H3,(H,57,67)(H,58,68)(H,59,69)(H,60,70)/t13-,18+,19+,20+,21+,22+,23+,24+,25+,26+,27+,28+,29+,30-,31-,32+,33-,34-,35-,36+,37+,38+,39-,40-,41+,42+,43+,44+,45+,46-,47-,48+,49-,50+,51+,52-,53-,54-,55-,56-/m0/s1. The summed E-state index contributed by atoms with van der Waals surface area (Å²) in [6, 6.07) is -7.22. The zero-order valence-electron chi connectivity index (χ0n) is 54.2. The fraction of sp³-hybridized carbons (Fsp3) is 0.929. The second-order valence-electron chi connectivity index (χ2n) is 25.3. The molecule has 40 atom stereocenters. The molecule has 8 rings (SSSR count). The molecule has 0 aromatic rings. The molecule has 0 spiro atoms. The van der Waals surface area contributed by atoms with Crippen molar-refractivity contribution in [3.05, 3.63) is 0 Å². The van der Waals surface area contributed by atoms with Crippen molar-refractivity contribution in [2.75, 3.05) is 46.2 Å². The summed E-state index contributed by atoms with van der Waals surface area (Å²) in [6.07, 6.45) is -71.1. The van der Waals surface area contributed by atoms with E-state index in [0.29, 0.717) is 0 Å². The number of aliphatic hydroxyl groups excluding tert-OH is 21. The fourth-order valence-electron chi connectivity index (χ4n) is 12.9. The van der Waals surface area contributed by atoms with Gasteiger partial charge in [-0.3, -0.25) is 19.2 Å². The van der Waals surface area contributed by atoms with Gasteiger partial charge < -0.3 is 200 Å². The molecule has 44 heteroatoms. The Morgan fingerprint density at radius 2 is 0.620 bits per heavy atom. The highest BCUT2D eigenvalue weighted by Gasteiger charge is 2.60. The summed E-state index contributed by atoms with van der Waals surface area (Å²) in [5.74, 6) is -3.51. The second kappa shape index (κ2) is 35.7. The molecule has 8 fully saturated rings. The van der Waals surface area contributed by atoms with Gasteiger partial charge in [0, 0.05) is 27.7 Å². The van der Waals surface area contributed by atoms with Gasteiger partial charge in [-0.05, 0) is 6.92 Å². The Kier molecular flexibility index (Phi) is 29.3. The van der Waals surface area contributed by atoms with Crippen LogP contribution in [0.4, 0.5) is 0 Å². The average molecular weight is 1460 g/mol. The van der Waals surface area contributed by atoms with E-state index >= 15 is 0 Å². The minimum absolute atomic E-state index is 0.818. The number of amides is 4. The van der Waals surface area contributed by atoms with Gasteiger partial charge >= 0.3 is 0 Å². The van der Waals surface area contributed by atoms with Gasteiger partial charge in [-0.2, -0.15) is 0 Å². The zero-order valence-corrected chi connectivity index (χ0v) is 54.2. The first kappa shape index (κ1) is 82.1. The monoisotopic (exact) mass is 1460 g/mol. The summed E-state index contributed by atoms with van der Waals surface area (Å²) in [7, 11) is 0. The quantitative estimate of drug-likeness (QED) is 0.0404. The number of carbonyl (C=O) groups excluding carboxylic acids is 4. The van der Waals surface area contributed by atoms with E-state index in [1.807, 2.05) is 0 Å². The van der Waals surface area contributed by atoms with E-state index in [1.165, 1.54) is 6.92 Å². The van der Waals surface area contributed by atoms with Crippen LogP contribution in [0.1, 0.15) is 34.6 Å². The predicted octanol–water partition coefficient (Wildman–Crippen LogP) is -16.8. The number of rotatable bonds is 25. The molecule has 4 amide bonds. The van der Waals surface area contributed by atoms with E-state index in [9.17, 15) is 126 Å². The Morgan fingerprint density at radius 1 is 0.280 bits per heavy atom. The van der Waals surface area contributed by atoms with Crippen molar-refractivity contribution >= 4 is 23.6 Å². The van der Waals surface area contributed by atoms with E-state index in [1.54, 1.807) is 0 Å². The molecular formula is C56H94N4O40. The Balaban J connectivity index is 1.07. The van der Waals surface area contributed by atoms with Gasteiger partial charge in [0.2, 0.25) is 23.6 Å². The van der Waals surface area contributed by atoms with Gasteiger partial charge in [-0.25, -0.2) is 0 Å². The van der Waals surface area contributed by atoms with Crippen LogP contribution in [0, 0.1) is 0 Å². The Labute approximate surface area is 567 Å². The van der Waals surface area contributed by atoms with Crippen molar-refractivity contribution in [1.82, 2.24) is 21.3 Å². The fourth-order valence-corrected chi connectivity index (χ4v) is 12.9. The van der Waals surface area contributed by atoms with Crippen LogP contribution in [-0.4, -0.2) is 423 Å². The molecule has 8 aliphatic heterocycles. The van der Waals surface area contributed by atoms with Crippen molar-refractivity contribution in [1.29, 1.82) is 0 Å². The number of carbonyl (C=O) groups is 4. The summed E-state index contributed by atoms with van der Waals surface area (Å²) in [4.78, 5) is 51.0. The van der Waals surface area contributed by atoms with E-state index in [0.717, 1.165) is 27.7 Å². The van der Waals surface area contributed by atoms with Crippen LogP contribution in [-0.2, 0) is 90.2 Å². The van der Waals surface area contributed by atoms with Gasteiger partial charge in [0.25, 0.3) is 0 Å². The van der Waals surface area contributed by atoms with E-state index < -0.39 is 315 Å². The third-order valence-electron chi connectivity index (χ3n) is 18.2. The Bertz CT molecular complexity index is 2620. The lowest BCUT2D eigenvalue weighted by Crippen LogP contribution is -2.71. The van der Waals surface area contributed by atoms with Crippen LogP contribution >= 0.6 is 0 Å². The van der Waals surface area contributed by atoms with Gasteiger partial charge in [-0.1, -0.05) is 0 Å². The maximum absolute atomic E-state index is 13.3. The van der Waals surface area contributed by atoms with Crippen LogP contribution in [0.2, 0.25) is 0 Å².